The monoisotopic (exact) mass is 266 g/mol. The Kier molecular flexibility index (Phi) is 3.36. The van der Waals surface area contributed by atoms with E-state index in [4.69, 9.17) is 9.47 Å². The van der Waals surface area contributed by atoms with Gasteiger partial charge in [-0.05, 0) is 56.8 Å². The largest absolute Gasteiger partial charge is 0.469 e. The summed E-state index contributed by atoms with van der Waals surface area (Å²) in [6.07, 6.45) is 6.33. The van der Waals surface area contributed by atoms with E-state index < -0.39 is 0 Å². The van der Waals surface area contributed by atoms with Crippen LogP contribution in [0.25, 0.3) is 0 Å². The third kappa shape index (κ3) is 2.01. The molecule has 4 saturated carbocycles. The molecule has 3 heteroatoms. The molecule has 4 bridgehead atoms. The van der Waals surface area contributed by atoms with Crippen LogP contribution in [0.4, 0.5) is 0 Å². The van der Waals surface area contributed by atoms with Crippen LogP contribution in [0.1, 0.15) is 46.0 Å². The Morgan fingerprint density at radius 1 is 1.26 bits per heavy atom. The molecule has 108 valence electrons. The molecule has 4 aliphatic rings. The third-order valence-electron chi connectivity index (χ3n) is 5.87. The molecule has 0 radical (unpaired) electrons. The van der Waals surface area contributed by atoms with Gasteiger partial charge in [0, 0.05) is 12.5 Å². The zero-order valence-corrected chi connectivity index (χ0v) is 12.4. The van der Waals surface area contributed by atoms with Gasteiger partial charge in [-0.3, -0.25) is 4.79 Å². The van der Waals surface area contributed by atoms with Gasteiger partial charge in [0.2, 0.25) is 0 Å². The quantitative estimate of drug-likeness (QED) is 0.734. The standard InChI is InChI=1S/C16H26O3/c1-4-19-16-8-11-5-12(9-16)7-13(6-11)14(16)10(2)15(17)18-3/h10-14H,4-9H2,1-3H3. The zero-order valence-electron chi connectivity index (χ0n) is 12.4. The van der Waals surface area contributed by atoms with Gasteiger partial charge >= 0.3 is 5.97 Å². The van der Waals surface area contributed by atoms with Crippen LogP contribution in [0.2, 0.25) is 0 Å². The number of carbonyl (C=O) groups excluding carboxylic acids is 1. The van der Waals surface area contributed by atoms with Crippen molar-refractivity contribution < 1.29 is 14.3 Å². The van der Waals surface area contributed by atoms with Crippen LogP contribution in [0.15, 0.2) is 0 Å². The normalized spacial score (nSPS) is 45.2. The lowest BCUT2D eigenvalue weighted by Gasteiger charge is -2.61. The second kappa shape index (κ2) is 4.76. The maximum atomic E-state index is 12.0. The zero-order chi connectivity index (χ0) is 13.6. The van der Waals surface area contributed by atoms with Crippen molar-refractivity contribution in [2.24, 2.45) is 29.6 Å². The van der Waals surface area contributed by atoms with Gasteiger partial charge in [-0.2, -0.15) is 0 Å². The van der Waals surface area contributed by atoms with E-state index in [-0.39, 0.29) is 17.5 Å². The van der Waals surface area contributed by atoms with Crippen molar-refractivity contribution in [2.45, 2.75) is 51.6 Å². The molecule has 4 aliphatic carbocycles. The number of hydrogen-bond donors (Lipinski definition) is 0. The Hall–Kier alpha value is -0.570. The molecule has 0 amide bonds. The topological polar surface area (TPSA) is 35.5 Å². The summed E-state index contributed by atoms with van der Waals surface area (Å²) >= 11 is 0. The van der Waals surface area contributed by atoms with Gasteiger partial charge in [0.25, 0.3) is 0 Å². The van der Waals surface area contributed by atoms with E-state index in [0.717, 1.165) is 18.4 Å². The Morgan fingerprint density at radius 2 is 1.89 bits per heavy atom. The Balaban J connectivity index is 1.90. The molecule has 4 rings (SSSR count). The summed E-state index contributed by atoms with van der Waals surface area (Å²) in [6.45, 7) is 4.88. The summed E-state index contributed by atoms with van der Waals surface area (Å²) in [7, 11) is 1.50. The molecule has 0 N–H and O–H groups in total. The summed E-state index contributed by atoms with van der Waals surface area (Å²) in [4.78, 5) is 12.0. The van der Waals surface area contributed by atoms with E-state index in [1.807, 2.05) is 6.92 Å². The summed E-state index contributed by atoms with van der Waals surface area (Å²) in [5, 5.41) is 0. The second-order valence-corrected chi connectivity index (χ2v) is 6.94. The summed E-state index contributed by atoms with van der Waals surface area (Å²) in [5.41, 5.74) is -0.0306. The molecule has 19 heavy (non-hydrogen) atoms. The van der Waals surface area contributed by atoms with Gasteiger partial charge < -0.3 is 9.47 Å². The van der Waals surface area contributed by atoms with Crippen LogP contribution >= 0.6 is 0 Å². The highest BCUT2D eigenvalue weighted by Crippen LogP contribution is 2.61. The third-order valence-corrected chi connectivity index (χ3v) is 5.87. The van der Waals surface area contributed by atoms with Crippen molar-refractivity contribution in [1.82, 2.24) is 0 Å². The molecule has 4 unspecified atom stereocenters. The van der Waals surface area contributed by atoms with E-state index >= 15 is 0 Å². The van der Waals surface area contributed by atoms with Crippen LogP contribution < -0.4 is 0 Å². The molecule has 4 atom stereocenters. The molecule has 4 fully saturated rings. The van der Waals surface area contributed by atoms with Crippen molar-refractivity contribution in [3.63, 3.8) is 0 Å². The molecular weight excluding hydrogens is 240 g/mol. The van der Waals surface area contributed by atoms with Gasteiger partial charge in [0.15, 0.2) is 0 Å². The molecule has 0 heterocycles. The number of rotatable bonds is 4. The SMILES string of the molecule is CCOC12CC3CC(CC(C3)C1C(C)C(=O)OC)C2. The summed E-state index contributed by atoms with van der Waals surface area (Å²) in [6, 6.07) is 0. The van der Waals surface area contributed by atoms with Crippen LogP contribution in [-0.4, -0.2) is 25.3 Å². The Morgan fingerprint density at radius 3 is 2.42 bits per heavy atom. The molecule has 0 spiro atoms. The number of methoxy groups -OCH3 is 1. The first-order valence-electron chi connectivity index (χ1n) is 7.81. The second-order valence-electron chi connectivity index (χ2n) is 6.94. The van der Waals surface area contributed by atoms with E-state index in [9.17, 15) is 4.79 Å². The van der Waals surface area contributed by atoms with Crippen LogP contribution in [0.5, 0.6) is 0 Å². The minimum absolute atomic E-state index is 0.0263. The van der Waals surface area contributed by atoms with Gasteiger partial charge in [0.05, 0.1) is 18.6 Å². The fourth-order valence-electron chi connectivity index (χ4n) is 5.70. The lowest BCUT2D eigenvalue weighted by Crippen LogP contribution is -2.61. The first kappa shape index (κ1) is 13.4. The highest BCUT2D eigenvalue weighted by atomic mass is 16.5. The Bertz CT molecular complexity index is 351. The average Bonchev–Trinajstić information content (AvgIpc) is 2.36. The lowest BCUT2D eigenvalue weighted by atomic mass is 9.47. The van der Waals surface area contributed by atoms with Gasteiger partial charge in [-0.15, -0.1) is 0 Å². The highest BCUT2D eigenvalue weighted by Gasteiger charge is 2.60. The smallest absolute Gasteiger partial charge is 0.308 e. The van der Waals surface area contributed by atoms with Gasteiger partial charge in [-0.1, -0.05) is 6.92 Å². The first-order valence-corrected chi connectivity index (χ1v) is 7.81. The Labute approximate surface area is 116 Å². The van der Waals surface area contributed by atoms with Gasteiger partial charge in [-0.25, -0.2) is 0 Å². The van der Waals surface area contributed by atoms with Crippen molar-refractivity contribution in [3.05, 3.63) is 0 Å². The predicted molar refractivity (Wildman–Crippen MR) is 72.6 cm³/mol. The first-order chi connectivity index (χ1) is 9.09. The van der Waals surface area contributed by atoms with Crippen LogP contribution in [0.3, 0.4) is 0 Å². The lowest BCUT2D eigenvalue weighted by molar-refractivity contribution is -0.217. The highest BCUT2D eigenvalue weighted by molar-refractivity contribution is 5.72. The van der Waals surface area contributed by atoms with Crippen molar-refractivity contribution in [1.29, 1.82) is 0 Å². The fraction of sp³-hybridized carbons (Fsp3) is 0.938. The van der Waals surface area contributed by atoms with Crippen molar-refractivity contribution >= 4 is 5.97 Å². The molecule has 0 aromatic heterocycles. The van der Waals surface area contributed by atoms with E-state index in [1.54, 1.807) is 0 Å². The molecular formula is C16H26O3. The number of esters is 1. The van der Waals surface area contributed by atoms with Crippen LogP contribution in [0, 0.1) is 29.6 Å². The summed E-state index contributed by atoms with van der Waals surface area (Å²) in [5.74, 6) is 2.63. The van der Waals surface area contributed by atoms with E-state index in [2.05, 4.69) is 6.92 Å². The van der Waals surface area contributed by atoms with Gasteiger partial charge in [0.1, 0.15) is 0 Å². The number of ether oxygens (including phenoxy) is 2. The minimum Gasteiger partial charge on any atom is -0.469 e. The molecule has 0 aromatic carbocycles. The molecule has 3 nitrogen and oxygen atoms in total. The summed E-state index contributed by atoms with van der Waals surface area (Å²) < 4.78 is 11.3. The maximum Gasteiger partial charge on any atom is 0.308 e. The molecule has 0 aliphatic heterocycles. The van der Waals surface area contributed by atoms with Crippen molar-refractivity contribution in [2.75, 3.05) is 13.7 Å². The minimum atomic E-state index is -0.0587. The molecule has 0 saturated heterocycles. The predicted octanol–water partition coefficient (Wildman–Crippen LogP) is 3.03. The average molecular weight is 266 g/mol. The van der Waals surface area contributed by atoms with Crippen LogP contribution in [-0.2, 0) is 14.3 Å². The van der Waals surface area contributed by atoms with Crippen molar-refractivity contribution in [3.8, 4) is 0 Å². The maximum absolute atomic E-state index is 12.0. The molecule has 0 aromatic rings. The van der Waals surface area contributed by atoms with E-state index in [1.165, 1.54) is 39.2 Å². The van der Waals surface area contributed by atoms with E-state index in [0.29, 0.717) is 11.8 Å². The number of carbonyl (C=O) groups is 1. The number of hydrogen-bond acceptors (Lipinski definition) is 3. The fourth-order valence-corrected chi connectivity index (χ4v) is 5.70.